The summed E-state index contributed by atoms with van der Waals surface area (Å²) in [7, 11) is 0.724. The van der Waals surface area contributed by atoms with Gasteiger partial charge in [0.1, 0.15) is 16.7 Å². The van der Waals surface area contributed by atoms with Crippen molar-refractivity contribution in [1.29, 1.82) is 0 Å². The Bertz CT molecular complexity index is 713. The van der Waals surface area contributed by atoms with Crippen LogP contribution in [0.1, 0.15) is 26.2 Å². The fourth-order valence-electron chi connectivity index (χ4n) is 2.86. The van der Waals surface area contributed by atoms with Crippen LogP contribution in [0, 0.1) is 0 Å². The minimum Gasteiger partial charge on any atom is -0.495 e. The fraction of sp³-hybridized carbons (Fsp3) is 0.588. The maximum atomic E-state index is 12.5. The van der Waals surface area contributed by atoms with Crippen LogP contribution >= 0.6 is 0 Å². The second kappa shape index (κ2) is 8.05. The largest absolute Gasteiger partial charge is 0.495 e. The van der Waals surface area contributed by atoms with Crippen LogP contribution in [-0.2, 0) is 14.8 Å². The highest BCUT2D eigenvalue weighted by atomic mass is 32.2. The molecule has 1 heterocycles. The van der Waals surface area contributed by atoms with Gasteiger partial charge in [-0.05, 0) is 44.4 Å². The van der Waals surface area contributed by atoms with Crippen molar-refractivity contribution in [2.45, 2.75) is 37.1 Å². The molecule has 1 aromatic carbocycles. The van der Waals surface area contributed by atoms with Gasteiger partial charge in [-0.15, -0.1) is 0 Å². The lowest BCUT2D eigenvalue weighted by atomic mass is 10.1. The van der Waals surface area contributed by atoms with Gasteiger partial charge >= 0.3 is 0 Å². The van der Waals surface area contributed by atoms with E-state index >= 15 is 0 Å². The SMILES string of the molecule is COc1ccc(N[C@@H](C)C(=O)N2CCCCC2)cc1S(=O)(=O)N(C)C. The number of sulfonamides is 1. The summed E-state index contributed by atoms with van der Waals surface area (Å²) in [5, 5.41) is 3.11. The van der Waals surface area contributed by atoms with Gasteiger partial charge < -0.3 is 15.0 Å². The Balaban J connectivity index is 2.21. The number of rotatable bonds is 6. The smallest absolute Gasteiger partial charge is 0.246 e. The molecule has 1 fully saturated rings. The summed E-state index contributed by atoms with van der Waals surface area (Å²) in [5.41, 5.74) is 0.569. The van der Waals surface area contributed by atoms with Gasteiger partial charge in [-0.3, -0.25) is 4.79 Å². The molecule has 1 aliphatic heterocycles. The molecular formula is C17H27N3O4S. The second-order valence-electron chi connectivity index (χ2n) is 6.41. The van der Waals surface area contributed by atoms with Crippen LogP contribution in [0.5, 0.6) is 5.75 Å². The monoisotopic (exact) mass is 369 g/mol. The van der Waals surface area contributed by atoms with Gasteiger partial charge in [-0.2, -0.15) is 0 Å². The minimum atomic E-state index is -3.65. The number of nitrogens with one attached hydrogen (secondary N) is 1. The Morgan fingerprint density at radius 1 is 1.24 bits per heavy atom. The van der Waals surface area contributed by atoms with E-state index in [0.29, 0.717) is 5.69 Å². The van der Waals surface area contributed by atoms with E-state index in [1.54, 1.807) is 19.1 Å². The molecule has 2 rings (SSSR count). The van der Waals surface area contributed by atoms with Gasteiger partial charge in [-0.1, -0.05) is 0 Å². The summed E-state index contributed by atoms with van der Waals surface area (Å²) >= 11 is 0. The lowest BCUT2D eigenvalue weighted by Crippen LogP contribution is -2.43. The summed E-state index contributed by atoms with van der Waals surface area (Å²) in [5.74, 6) is 0.307. The van der Waals surface area contributed by atoms with Gasteiger partial charge in [0.25, 0.3) is 0 Å². The number of carbonyl (C=O) groups excluding carboxylic acids is 1. The Morgan fingerprint density at radius 2 is 1.88 bits per heavy atom. The lowest BCUT2D eigenvalue weighted by Gasteiger charge is -2.30. The number of piperidine rings is 1. The molecule has 140 valence electrons. The number of nitrogens with zero attached hydrogens (tertiary/aromatic N) is 2. The van der Waals surface area contributed by atoms with Crippen LogP contribution in [0.4, 0.5) is 5.69 Å². The zero-order valence-electron chi connectivity index (χ0n) is 15.3. The van der Waals surface area contributed by atoms with E-state index < -0.39 is 16.1 Å². The summed E-state index contributed by atoms with van der Waals surface area (Å²) in [4.78, 5) is 14.5. The van der Waals surface area contributed by atoms with Crippen molar-refractivity contribution in [1.82, 2.24) is 9.21 Å². The average Bonchev–Trinajstić information content (AvgIpc) is 2.61. The molecule has 7 nitrogen and oxygen atoms in total. The Kier molecular flexibility index (Phi) is 6.29. The topological polar surface area (TPSA) is 79.0 Å². The maximum Gasteiger partial charge on any atom is 0.246 e. The lowest BCUT2D eigenvalue weighted by molar-refractivity contribution is -0.132. The normalized spacial score (nSPS) is 16.6. The molecule has 0 spiro atoms. The van der Waals surface area contributed by atoms with Crippen LogP contribution in [0.25, 0.3) is 0 Å². The number of carbonyl (C=O) groups is 1. The number of methoxy groups -OCH3 is 1. The molecule has 8 heteroatoms. The van der Waals surface area contributed by atoms with Gasteiger partial charge in [0, 0.05) is 32.9 Å². The van der Waals surface area contributed by atoms with E-state index in [4.69, 9.17) is 4.74 Å². The predicted molar refractivity (Wildman–Crippen MR) is 97.4 cm³/mol. The minimum absolute atomic E-state index is 0.0348. The number of hydrogen-bond acceptors (Lipinski definition) is 5. The molecule has 0 bridgehead atoms. The molecule has 0 saturated carbocycles. The first-order chi connectivity index (χ1) is 11.8. The number of ether oxygens (including phenoxy) is 1. The third kappa shape index (κ3) is 4.43. The molecule has 1 saturated heterocycles. The zero-order valence-corrected chi connectivity index (χ0v) is 16.1. The van der Waals surface area contributed by atoms with Gasteiger partial charge in [-0.25, -0.2) is 12.7 Å². The van der Waals surface area contributed by atoms with Crippen molar-refractivity contribution >= 4 is 21.6 Å². The molecule has 0 aliphatic carbocycles. The third-order valence-corrected chi connectivity index (χ3v) is 6.18. The van der Waals surface area contributed by atoms with Crippen LogP contribution in [0.3, 0.4) is 0 Å². The summed E-state index contributed by atoms with van der Waals surface area (Å²) < 4.78 is 31.3. The summed E-state index contributed by atoms with van der Waals surface area (Å²) in [6.45, 7) is 3.36. The van der Waals surface area contributed by atoms with E-state index in [-0.39, 0.29) is 16.6 Å². The Morgan fingerprint density at radius 3 is 2.44 bits per heavy atom. The molecule has 1 atom stereocenters. The number of hydrogen-bond donors (Lipinski definition) is 1. The van der Waals surface area contributed by atoms with Crippen molar-refractivity contribution in [2.75, 3.05) is 39.6 Å². The van der Waals surface area contributed by atoms with E-state index in [1.165, 1.54) is 27.3 Å². The standard InChI is InChI=1S/C17H27N3O4S/c1-13(17(21)20-10-6-5-7-11-20)18-14-8-9-15(24-4)16(12-14)25(22,23)19(2)3/h8-9,12-13,18H,5-7,10-11H2,1-4H3/t13-/m0/s1. The Hall–Kier alpha value is -1.80. The molecule has 1 aliphatic rings. The van der Waals surface area contributed by atoms with Crippen molar-refractivity contribution in [3.63, 3.8) is 0 Å². The maximum absolute atomic E-state index is 12.5. The first kappa shape index (κ1) is 19.5. The first-order valence-electron chi connectivity index (χ1n) is 8.43. The van der Waals surface area contributed by atoms with Gasteiger partial charge in [0.15, 0.2) is 0 Å². The molecule has 0 aromatic heterocycles. The van der Waals surface area contributed by atoms with Crippen molar-refractivity contribution in [2.24, 2.45) is 0 Å². The second-order valence-corrected chi connectivity index (χ2v) is 8.53. The molecule has 1 aromatic rings. The highest BCUT2D eigenvalue weighted by Crippen LogP contribution is 2.29. The first-order valence-corrected chi connectivity index (χ1v) is 9.87. The predicted octanol–water partition coefficient (Wildman–Crippen LogP) is 1.76. The van der Waals surface area contributed by atoms with Crippen molar-refractivity contribution < 1.29 is 17.9 Å². The molecule has 1 amide bonds. The quantitative estimate of drug-likeness (QED) is 0.827. The van der Waals surface area contributed by atoms with Crippen molar-refractivity contribution in [3.8, 4) is 5.75 Å². The van der Waals surface area contributed by atoms with E-state index in [0.717, 1.165) is 36.7 Å². The van der Waals surface area contributed by atoms with E-state index in [9.17, 15) is 13.2 Å². The molecule has 25 heavy (non-hydrogen) atoms. The van der Waals surface area contributed by atoms with Crippen molar-refractivity contribution in [3.05, 3.63) is 18.2 Å². The molecular weight excluding hydrogens is 342 g/mol. The van der Waals surface area contributed by atoms with Crippen LogP contribution in [0.15, 0.2) is 23.1 Å². The summed E-state index contributed by atoms with van der Waals surface area (Å²) in [6.07, 6.45) is 3.23. The Labute approximate surface area is 150 Å². The molecule has 1 N–H and O–H groups in total. The highest BCUT2D eigenvalue weighted by Gasteiger charge is 2.25. The van der Waals surface area contributed by atoms with Gasteiger partial charge in [0.2, 0.25) is 15.9 Å². The molecule has 0 unspecified atom stereocenters. The van der Waals surface area contributed by atoms with Crippen LogP contribution in [-0.4, -0.2) is 63.9 Å². The van der Waals surface area contributed by atoms with E-state index in [2.05, 4.69) is 5.32 Å². The number of anilines is 1. The molecule has 0 radical (unpaired) electrons. The number of benzene rings is 1. The fourth-order valence-corrected chi connectivity index (χ4v) is 3.94. The number of amides is 1. The number of likely N-dealkylation sites (tertiary alicyclic amines) is 1. The van der Waals surface area contributed by atoms with Crippen LogP contribution in [0.2, 0.25) is 0 Å². The third-order valence-electron chi connectivity index (χ3n) is 4.34. The summed E-state index contributed by atoms with van der Waals surface area (Å²) in [6, 6.07) is 4.39. The van der Waals surface area contributed by atoms with Crippen LogP contribution < -0.4 is 10.1 Å². The highest BCUT2D eigenvalue weighted by molar-refractivity contribution is 7.89. The average molecular weight is 369 g/mol. The van der Waals surface area contributed by atoms with E-state index in [1.807, 2.05) is 4.90 Å². The zero-order chi connectivity index (χ0) is 18.6. The van der Waals surface area contributed by atoms with Gasteiger partial charge in [0.05, 0.1) is 7.11 Å².